The first kappa shape index (κ1) is 11.3. The Hall–Kier alpha value is -0.810. The van der Waals surface area contributed by atoms with Gasteiger partial charge in [-0.2, -0.15) is 0 Å². The lowest BCUT2D eigenvalue weighted by Gasteiger charge is -2.02. The molecule has 2 nitrogen and oxygen atoms in total. The van der Waals surface area contributed by atoms with Crippen LogP contribution >= 0.6 is 23.2 Å². The van der Waals surface area contributed by atoms with Crippen molar-refractivity contribution in [2.24, 2.45) is 0 Å². The molecule has 1 aromatic heterocycles. The Kier molecular flexibility index (Phi) is 3.34. The molecule has 0 unspecified atom stereocenters. The van der Waals surface area contributed by atoms with Crippen LogP contribution in [0.25, 0.3) is 0 Å². The van der Waals surface area contributed by atoms with Crippen molar-refractivity contribution >= 4 is 29.0 Å². The maximum atomic E-state index is 12.7. The largest absolute Gasteiger partial charge is 0.300 e. The minimum Gasteiger partial charge on any atom is -0.288 e. The molecule has 0 saturated heterocycles. The van der Waals surface area contributed by atoms with Crippen molar-refractivity contribution in [1.82, 2.24) is 4.98 Å². The number of hydrogen-bond donors (Lipinski definition) is 0. The Morgan fingerprint density at radius 3 is 2.43 bits per heavy atom. The predicted molar refractivity (Wildman–Crippen MR) is 44.5 cm³/mol. The van der Waals surface area contributed by atoms with Crippen LogP contribution in [0, 0.1) is 5.82 Å². The Balaban J connectivity index is 3.22. The van der Waals surface area contributed by atoms with E-state index < -0.39 is 33.9 Å². The number of ketones is 1. The van der Waals surface area contributed by atoms with E-state index in [0.29, 0.717) is 6.07 Å². The van der Waals surface area contributed by atoms with E-state index in [1.807, 2.05) is 0 Å². The van der Waals surface area contributed by atoms with Crippen molar-refractivity contribution in [3.8, 4) is 0 Å². The molecule has 0 fully saturated rings. The van der Waals surface area contributed by atoms with Crippen LogP contribution in [0.1, 0.15) is 10.4 Å². The molecule has 0 radical (unpaired) electrons. The highest BCUT2D eigenvalue weighted by Crippen LogP contribution is 2.22. The van der Waals surface area contributed by atoms with Gasteiger partial charge in [-0.1, -0.05) is 23.2 Å². The van der Waals surface area contributed by atoms with Crippen molar-refractivity contribution in [2.45, 2.75) is 6.43 Å². The molecular formula is C7H2Cl2F3NO. The number of carbonyl (C=O) groups is 1. The summed E-state index contributed by atoms with van der Waals surface area (Å²) < 4.78 is 36.6. The normalized spacial score (nSPS) is 10.7. The number of aromatic nitrogens is 1. The van der Waals surface area contributed by atoms with Gasteiger partial charge in [0.25, 0.3) is 0 Å². The molecule has 1 rings (SSSR count). The first-order valence-corrected chi connectivity index (χ1v) is 4.03. The second kappa shape index (κ2) is 4.14. The van der Waals surface area contributed by atoms with Gasteiger partial charge in [0.2, 0.25) is 5.78 Å². The number of Topliss-reactive ketones (excluding diaryl/α,β-unsaturated/α-hetero) is 1. The molecular weight excluding hydrogens is 242 g/mol. The van der Waals surface area contributed by atoms with Crippen LogP contribution < -0.4 is 0 Å². The molecule has 0 saturated carbocycles. The molecule has 0 N–H and O–H groups in total. The smallest absolute Gasteiger partial charge is 0.288 e. The number of nitrogens with zero attached hydrogens (tertiary/aromatic N) is 1. The summed E-state index contributed by atoms with van der Waals surface area (Å²) in [5.41, 5.74) is -0.677. The number of carbonyl (C=O) groups excluding carboxylic acids is 1. The average Bonchev–Trinajstić information content (AvgIpc) is 2.10. The highest BCUT2D eigenvalue weighted by atomic mass is 35.5. The lowest BCUT2D eigenvalue weighted by molar-refractivity contribution is 0.0678. The van der Waals surface area contributed by atoms with Crippen LogP contribution in [0.5, 0.6) is 0 Å². The van der Waals surface area contributed by atoms with Crippen LogP contribution in [0.15, 0.2) is 6.07 Å². The van der Waals surface area contributed by atoms with E-state index in [9.17, 15) is 18.0 Å². The molecule has 7 heteroatoms. The molecule has 1 heterocycles. The molecule has 0 aliphatic rings. The molecule has 14 heavy (non-hydrogen) atoms. The number of pyridine rings is 1. The molecule has 0 bridgehead atoms. The summed E-state index contributed by atoms with van der Waals surface area (Å²) in [5.74, 6) is -2.65. The van der Waals surface area contributed by atoms with Crippen molar-refractivity contribution in [1.29, 1.82) is 0 Å². The predicted octanol–water partition coefficient (Wildman–Crippen LogP) is 2.98. The molecule has 0 aliphatic carbocycles. The number of alkyl halides is 2. The van der Waals surface area contributed by atoms with E-state index in [4.69, 9.17) is 23.2 Å². The maximum Gasteiger partial charge on any atom is 0.300 e. The van der Waals surface area contributed by atoms with Gasteiger partial charge in [0.05, 0.1) is 5.56 Å². The van der Waals surface area contributed by atoms with Crippen LogP contribution in [0.3, 0.4) is 0 Å². The third kappa shape index (κ3) is 2.16. The Labute approximate surface area is 86.6 Å². The average molecular weight is 244 g/mol. The number of hydrogen-bond acceptors (Lipinski definition) is 2. The molecule has 1 aromatic rings. The fraction of sp³-hybridized carbons (Fsp3) is 0.143. The second-order valence-corrected chi connectivity index (χ2v) is 2.98. The summed E-state index contributed by atoms with van der Waals surface area (Å²) in [7, 11) is 0. The third-order valence-electron chi connectivity index (χ3n) is 1.35. The van der Waals surface area contributed by atoms with E-state index >= 15 is 0 Å². The van der Waals surface area contributed by atoms with Crippen LogP contribution in [0.2, 0.25) is 10.3 Å². The summed E-state index contributed by atoms with van der Waals surface area (Å²) in [6, 6.07) is 0.534. The van der Waals surface area contributed by atoms with Crippen molar-refractivity contribution in [3.63, 3.8) is 0 Å². The molecule has 0 aromatic carbocycles. The third-order valence-corrected chi connectivity index (χ3v) is 1.90. The summed E-state index contributed by atoms with van der Waals surface area (Å²) >= 11 is 10.5. The summed E-state index contributed by atoms with van der Waals surface area (Å²) in [5, 5.41) is -1.11. The summed E-state index contributed by atoms with van der Waals surface area (Å²) in [4.78, 5) is 13.9. The monoisotopic (exact) mass is 243 g/mol. The minimum absolute atomic E-state index is 0.534. The van der Waals surface area contributed by atoms with Crippen LogP contribution in [-0.4, -0.2) is 17.2 Å². The van der Waals surface area contributed by atoms with Crippen LogP contribution in [-0.2, 0) is 0 Å². The SMILES string of the molecule is O=C(c1cc(F)c(Cl)nc1Cl)C(F)F. The van der Waals surface area contributed by atoms with Gasteiger partial charge < -0.3 is 0 Å². The van der Waals surface area contributed by atoms with Gasteiger partial charge in [0, 0.05) is 0 Å². The van der Waals surface area contributed by atoms with E-state index in [2.05, 4.69) is 4.98 Å². The van der Waals surface area contributed by atoms with Gasteiger partial charge in [-0.15, -0.1) is 0 Å². The zero-order valence-electron chi connectivity index (χ0n) is 6.40. The van der Waals surface area contributed by atoms with Gasteiger partial charge >= 0.3 is 6.43 Å². The Morgan fingerprint density at radius 2 is 1.93 bits per heavy atom. The Morgan fingerprint density at radius 1 is 1.36 bits per heavy atom. The van der Waals surface area contributed by atoms with E-state index in [-0.39, 0.29) is 0 Å². The van der Waals surface area contributed by atoms with Gasteiger partial charge in [-0.25, -0.2) is 18.2 Å². The van der Waals surface area contributed by atoms with Crippen molar-refractivity contribution in [2.75, 3.05) is 0 Å². The first-order valence-electron chi connectivity index (χ1n) is 3.27. The lowest BCUT2D eigenvalue weighted by Crippen LogP contribution is -2.12. The summed E-state index contributed by atoms with van der Waals surface area (Å²) in [6.45, 7) is 0. The quantitative estimate of drug-likeness (QED) is 0.591. The van der Waals surface area contributed by atoms with E-state index in [1.54, 1.807) is 0 Å². The van der Waals surface area contributed by atoms with Gasteiger partial charge in [0.1, 0.15) is 5.15 Å². The molecule has 0 amide bonds. The van der Waals surface area contributed by atoms with E-state index in [1.165, 1.54) is 0 Å². The van der Waals surface area contributed by atoms with Crippen molar-refractivity contribution < 1.29 is 18.0 Å². The molecule has 0 atom stereocenters. The Bertz CT molecular complexity index is 383. The fourth-order valence-corrected chi connectivity index (χ4v) is 1.15. The molecule has 0 spiro atoms. The van der Waals surface area contributed by atoms with Gasteiger partial charge in [-0.3, -0.25) is 4.79 Å². The summed E-state index contributed by atoms with van der Waals surface area (Å²) in [6.07, 6.45) is -3.25. The number of rotatable bonds is 2. The number of halogens is 5. The minimum atomic E-state index is -3.25. The lowest BCUT2D eigenvalue weighted by atomic mass is 10.2. The zero-order valence-corrected chi connectivity index (χ0v) is 7.91. The fourth-order valence-electron chi connectivity index (χ4n) is 0.736. The first-order chi connectivity index (χ1) is 6.43. The molecule has 0 aliphatic heterocycles. The second-order valence-electron chi connectivity index (χ2n) is 2.26. The van der Waals surface area contributed by atoms with Crippen molar-refractivity contribution in [3.05, 3.63) is 27.8 Å². The van der Waals surface area contributed by atoms with Gasteiger partial charge in [-0.05, 0) is 6.07 Å². The maximum absolute atomic E-state index is 12.7. The topological polar surface area (TPSA) is 30.0 Å². The standard InChI is InChI=1S/C7H2Cl2F3NO/c8-5-2(4(14)7(11)12)1-3(10)6(9)13-5/h1,7H. The highest BCUT2D eigenvalue weighted by Gasteiger charge is 2.23. The zero-order chi connectivity index (χ0) is 10.9. The highest BCUT2D eigenvalue weighted by molar-refractivity contribution is 6.34. The van der Waals surface area contributed by atoms with Gasteiger partial charge in [0.15, 0.2) is 11.0 Å². The van der Waals surface area contributed by atoms with Crippen LogP contribution in [0.4, 0.5) is 13.2 Å². The van der Waals surface area contributed by atoms with E-state index in [0.717, 1.165) is 0 Å². The molecule has 76 valence electrons.